The Bertz CT molecular complexity index is 1180. The molecule has 3 aromatic rings. The van der Waals surface area contributed by atoms with Gasteiger partial charge in [-0.25, -0.2) is 0 Å². The molecule has 1 aliphatic rings. The van der Waals surface area contributed by atoms with Crippen LogP contribution in [0.3, 0.4) is 0 Å². The van der Waals surface area contributed by atoms with Gasteiger partial charge >= 0.3 is 12.4 Å². The summed E-state index contributed by atoms with van der Waals surface area (Å²) in [6.45, 7) is 0.802. The minimum absolute atomic E-state index is 0.160. The monoisotopic (exact) mass is 441 g/mol. The molecule has 2 aromatic carbocycles. The quantitative estimate of drug-likeness (QED) is 0.508. The molecule has 4 rings (SSSR count). The van der Waals surface area contributed by atoms with E-state index < -0.39 is 30.1 Å². The summed E-state index contributed by atoms with van der Waals surface area (Å²) in [5.74, 6) is 0. The highest BCUT2D eigenvalue weighted by Gasteiger charge is 2.73. The van der Waals surface area contributed by atoms with E-state index in [0.717, 1.165) is 12.1 Å². The Morgan fingerprint density at radius 2 is 1.61 bits per heavy atom. The number of nitrogens with zero attached hydrogens (tertiary/aromatic N) is 1. The summed E-state index contributed by atoms with van der Waals surface area (Å²) in [5.41, 5.74) is -4.78. The zero-order chi connectivity index (χ0) is 22.6. The van der Waals surface area contributed by atoms with Gasteiger partial charge in [-0.1, -0.05) is 36.4 Å². The van der Waals surface area contributed by atoms with Crippen LogP contribution in [0.1, 0.15) is 22.3 Å². The molecule has 0 bridgehead atoms. The molecule has 0 fully saturated rings. The molecule has 0 saturated heterocycles. The third kappa shape index (κ3) is 3.31. The fourth-order valence-corrected chi connectivity index (χ4v) is 4.11. The second-order valence-corrected chi connectivity index (χ2v) is 7.55. The van der Waals surface area contributed by atoms with Crippen LogP contribution in [0.25, 0.3) is 10.9 Å². The summed E-state index contributed by atoms with van der Waals surface area (Å²) in [6, 6.07) is 10.3. The van der Waals surface area contributed by atoms with E-state index in [1.54, 1.807) is 6.07 Å². The number of aromatic nitrogens is 1. The Morgan fingerprint density at radius 1 is 0.968 bits per heavy atom. The topological polar surface area (TPSA) is 31.2 Å². The van der Waals surface area contributed by atoms with Crippen LogP contribution in [-0.2, 0) is 29.9 Å². The van der Waals surface area contributed by atoms with Crippen LogP contribution < -0.4 is 5.56 Å². The van der Waals surface area contributed by atoms with Gasteiger partial charge in [-0.15, -0.1) is 0 Å². The van der Waals surface area contributed by atoms with E-state index in [9.17, 15) is 31.1 Å². The molecule has 0 atom stereocenters. The fourth-order valence-electron chi connectivity index (χ4n) is 4.11. The van der Waals surface area contributed by atoms with Crippen molar-refractivity contribution < 1.29 is 31.1 Å². The number of rotatable bonds is 4. The van der Waals surface area contributed by atoms with Crippen molar-refractivity contribution in [2.24, 2.45) is 0 Å². The van der Waals surface area contributed by atoms with Crippen molar-refractivity contribution in [2.45, 2.75) is 44.4 Å². The Labute approximate surface area is 172 Å². The maximum absolute atomic E-state index is 14.2. The molecule has 0 radical (unpaired) electrons. The molecule has 31 heavy (non-hydrogen) atoms. The summed E-state index contributed by atoms with van der Waals surface area (Å²) in [5, 5.41) is 0.172. The van der Waals surface area contributed by atoms with Crippen LogP contribution in [0.2, 0.25) is 0 Å². The minimum Gasteiger partial charge on any atom is -0.349 e. The second-order valence-electron chi connectivity index (χ2n) is 7.55. The normalized spacial score (nSPS) is 14.4. The summed E-state index contributed by atoms with van der Waals surface area (Å²) in [4.78, 5) is 12.2. The highest BCUT2D eigenvalue weighted by molar-refractivity contribution is 5.87. The number of benzene rings is 2. The van der Waals surface area contributed by atoms with E-state index in [0.29, 0.717) is 11.1 Å². The molecule has 0 amide bonds. The van der Waals surface area contributed by atoms with E-state index in [4.69, 9.17) is 4.74 Å². The van der Waals surface area contributed by atoms with Gasteiger partial charge in [-0.05, 0) is 36.1 Å². The highest BCUT2D eigenvalue weighted by Crippen LogP contribution is 2.54. The molecule has 9 heteroatoms. The molecule has 2 heterocycles. The largest absolute Gasteiger partial charge is 0.430 e. The lowest BCUT2D eigenvalue weighted by Crippen LogP contribution is -2.55. The lowest BCUT2D eigenvalue weighted by Gasteiger charge is -2.37. The first kappa shape index (κ1) is 21.4. The van der Waals surface area contributed by atoms with Gasteiger partial charge in [0.1, 0.15) is 0 Å². The van der Waals surface area contributed by atoms with Gasteiger partial charge in [0.15, 0.2) is 0 Å². The standard InChI is InChI=1S/C22H17F6NO2/c1-13-9-18(30)29-8-7-15-10-16(11-17(13)19(15)29)20(21(23,24)25,22(26,27)28)31-12-14-5-3-2-4-6-14/h2-6,9-11H,7-8,12H2,1H3. The minimum atomic E-state index is -5.78. The molecule has 164 valence electrons. The SMILES string of the molecule is Cc1cc(=O)n2c3c(cc(C(OCc4ccccc4)(C(F)(F)F)C(F)(F)F)cc13)CC2. The predicted octanol–water partition coefficient (Wildman–Crippen LogP) is 5.40. The van der Waals surface area contributed by atoms with Crippen molar-refractivity contribution in [3.05, 3.63) is 81.1 Å². The number of hydrogen-bond acceptors (Lipinski definition) is 2. The first-order valence-electron chi connectivity index (χ1n) is 9.44. The van der Waals surface area contributed by atoms with E-state index in [1.165, 1.54) is 41.8 Å². The summed E-state index contributed by atoms with van der Waals surface area (Å²) < 4.78 is 91.1. The molecule has 0 N–H and O–H groups in total. The number of halogens is 6. The van der Waals surface area contributed by atoms with Crippen molar-refractivity contribution in [1.29, 1.82) is 0 Å². The van der Waals surface area contributed by atoms with Crippen molar-refractivity contribution in [3.63, 3.8) is 0 Å². The average Bonchev–Trinajstić information content (AvgIpc) is 3.10. The molecule has 3 nitrogen and oxygen atoms in total. The van der Waals surface area contributed by atoms with Crippen LogP contribution in [0.5, 0.6) is 0 Å². The zero-order valence-corrected chi connectivity index (χ0v) is 16.3. The third-order valence-electron chi connectivity index (χ3n) is 5.60. The van der Waals surface area contributed by atoms with Crippen LogP contribution in [-0.4, -0.2) is 16.9 Å². The summed E-state index contributed by atoms with van der Waals surface area (Å²) in [7, 11) is 0. The molecule has 0 unspecified atom stereocenters. The number of ether oxygens (including phenoxy) is 1. The number of aryl methyl sites for hydroxylation is 3. The average molecular weight is 441 g/mol. The zero-order valence-electron chi connectivity index (χ0n) is 16.3. The lowest BCUT2D eigenvalue weighted by atomic mass is 9.88. The summed E-state index contributed by atoms with van der Waals surface area (Å²) >= 11 is 0. The smallest absolute Gasteiger partial charge is 0.349 e. The van der Waals surface area contributed by atoms with Gasteiger partial charge in [0.25, 0.3) is 11.2 Å². The second kappa shape index (κ2) is 7.12. The van der Waals surface area contributed by atoms with E-state index in [2.05, 4.69) is 0 Å². The van der Waals surface area contributed by atoms with E-state index in [-0.39, 0.29) is 35.0 Å². The van der Waals surface area contributed by atoms with Gasteiger partial charge in [0, 0.05) is 23.6 Å². The molecule has 0 spiro atoms. The first-order chi connectivity index (χ1) is 14.5. The van der Waals surface area contributed by atoms with Crippen molar-refractivity contribution in [3.8, 4) is 0 Å². The molecular formula is C22H17F6NO2. The highest BCUT2D eigenvalue weighted by atomic mass is 19.4. The Morgan fingerprint density at radius 3 is 2.23 bits per heavy atom. The molecule has 0 aliphatic carbocycles. The number of pyridine rings is 1. The molecule has 1 aromatic heterocycles. The lowest BCUT2D eigenvalue weighted by molar-refractivity contribution is -0.392. The number of alkyl halides is 6. The maximum atomic E-state index is 14.2. The van der Waals surface area contributed by atoms with Crippen LogP contribution in [0, 0.1) is 6.92 Å². The van der Waals surface area contributed by atoms with E-state index in [1.807, 2.05) is 0 Å². The van der Waals surface area contributed by atoms with Crippen molar-refractivity contribution >= 4 is 10.9 Å². The van der Waals surface area contributed by atoms with Gasteiger partial charge < -0.3 is 9.30 Å². The maximum Gasteiger partial charge on any atom is 0.430 e. The van der Waals surface area contributed by atoms with Crippen LogP contribution in [0.15, 0.2) is 53.3 Å². The molecular weight excluding hydrogens is 424 g/mol. The van der Waals surface area contributed by atoms with Gasteiger partial charge in [0.2, 0.25) is 0 Å². The number of hydrogen-bond donors (Lipinski definition) is 0. The first-order valence-corrected chi connectivity index (χ1v) is 9.44. The van der Waals surface area contributed by atoms with Crippen molar-refractivity contribution in [2.75, 3.05) is 0 Å². The van der Waals surface area contributed by atoms with Crippen molar-refractivity contribution in [1.82, 2.24) is 4.57 Å². The predicted molar refractivity (Wildman–Crippen MR) is 102 cm³/mol. The van der Waals surface area contributed by atoms with Gasteiger partial charge in [-0.3, -0.25) is 4.79 Å². The summed E-state index contributed by atoms with van der Waals surface area (Å²) in [6.07, 6.45) is -11.4. The Hall–Kier alpha value is -2.81. The Kier molecular flexibility index (Phi) is 4.92. The molecule has 1 aliphatic heterocycles. The van der Waals surface area contributed by atoms with E-state index >= 15 is 0 Å². The van der Waals surface area contributed by atoms with Gasteiger partial charge in [-0.2, -0.15) is 26.3 Å². The Balaban J connectivity index is 1.96. The van der Waals surface area contributed by atoms with Crippen LogP contribution >= 0.6 is 0 Å². The van der Waals surface area contributed by atoms with Crippen LogP contribution in [0.4, 0.5) is 26.3 Å². The fraction of sp³-hybridized carbons (Fsp3) is 0.318. The molecule has 0 saturated carbocycles. The third-order valence-corrected chi connectivity index (χ3v) is 5.60. The van der Waals surface area contributed by atoms with Gasteiger partial charge in [0.05, 0.1) is 12.1 Å².